The van der Waals surface area contributed by atoms with Gasteiger partial charge in [0.05, 0.1) is 6.54 Å². The Hall–Kier alpha value is -0.740. The van der Waals surface area contributed by atoms with Crippen LogP contribution in [0, 0.1) is 0 Å². The summed E-state index contributed by atoms with van der Waals surface area (Å²) in [6.07, 6.45) is 1.32. The summed E-state index contributed by atoms with van der Waals surface area (Å²) in [5, 5.41) is 0. The molecule has 0 aliphatic heterocycles. The van der Waals surface area contributed by atoms with Gasteiger partial charge >= 0.3 is 5.92 Å². The molecule has 0 saturated carbocycles. The maximum Gasteiger partial charge on any atom is 0.301 e. The maximum absolute atomic E-state index is 12.7. The fourth-order valence-corrected chi connectivity index (χ4v) is 0.684. The van der Waals surface area contributed by atoms with E-state index in [2.05, 4.69) is 4.98 Å². The molecule has 0 aliphatic carbocycles. The lowest BCUT2D eigenvalue weighted by atomic mass is 10.2. The number of halogens is 3. The van der Waals surface area contributed by atoms with E-state index in [0.29, 0.717) is 0 Å². The average Bonchev–Trinajstić information content (AvgIpc) is 2.06. The van der Waals surface area contributed by atoms with E-state index < -0.39 is 12.5 Å². The molecular formula is C7H9ClF2N2. The van der Waals surface area contributed by atoms with E-state index >= 15 is 0 Å². The maximum atomic E-state index is 12.7. The van der Waals surface area contributed by atoms with Gasteiger partial charge in [-0.1, -0.05) is 6.07 Å². The molecule has 68 valence electrons. The summed E-state index contributed by atoms with van der Waals surface area (Å²) >= 11 is 0. The molecule has 0 amide bonds. The molecule has 0 bridgehead atoms. The van der Waals surface area contributed by atoms with Gasteiger partial charge in [0, 0.05) is 6.20 Å². The van der Waals surface area contributed by atoms with E-state index in [-0.39, 0.29) is 18.1 Å². The van der Waals surface area contributed by atoms with Crippen LogP contribution in [0.1, 0.15) is 5.69 Å². The number of hydrogen-bond donors (Lipinski definition) is 1. The number of nitrogens with two attached hydrogens (primary N) is 1. The number of aromatic nitrogens is 1. The van der Waals surface area contributed by atoms with Crippen molar-refractivity contribution in [1.29, 1.82) is 0 Å². The van der Waals surface area contributed by atoms with Crippen molar-refractivity contribution in [2.75, 3.05) is 6.54 Å². The highest BCUT2D eigenvalue weighted by Crippen LogP contribution is 2.23. The molecule has 2 N–H and O–H groups in total. The number of hydrogen-bond acceptors (Lipinski definition) is 2. The quantitative estimate of drug-likeness (QED) is 0.776. The Bertz CT molecular complexity index is 228. The normalized spacial score (nSPS) is 10.6. The van der Waals surface area contributed by atoms with E-state index in [1.807, 2.05) is 0 Å². The van der Waals surface area contributed by atoms with Gasteiger partial charge in [0.1, 0.15) is 5.69 Å². The lowest BCUT2D eigenvalue weighted by molar-refractivity contribution is 0.00139. The van der Waals surface area contributed by atoms with Crippen LogP contribution in [0.5, 0.6) is 0 Å². The molecule has 0 radical (unpaired) electrons. The summed E-state index contributed by atoms with van der Waals surface area (Å²) in [6.45, 7) is -0.704. The summed E-state index contributed by atoms with van der Waals surface area (Å²) in [4.78, 5) is 3.49. The number of nitrogens with zero attached hydrogens (tertiary/aromatic N) is 1. The molecular weight excluding hydrogens is 186 g/mol. The minimum atomic E-state index is -3.00. The van der Waals surface area contributed by atoms with Crippen molar-refractivity contribution < 1.29 is 8.78 Å². The van der Waals surface area contributed by atoms with E-state index in [0.717, 1.165) is 0 Å². The highest BCUT2D eigenvalue weighted by Gasteiger charge is 2.30. The SMILES string of the molecule is Cl.NCC(F)(F)c1ccccn1. The smallest absolute Gasteiger partial charge is 0.301 e. The van der Waals surface area contributed by atoms with Crippen molar-refractivity contribution in [3.05, 3.63) is 30.1 Å². The van der Waals surface area contributed by atoms with Crippen LogP contribution in [0.4, 0.5) is 8.78 Å². The zero-order chi connectivity index (χ0) is 8.32. The van der Waals surface area contributed by atoms with Crippen LogP contribution in [0.15, 0.2) is 24.4 Å². The first-order valence-electron chi connectivity index (χ1n) is 3.16. The number of alkyl halides is 2. The third-order valence-corrected chi connectivity index (χ3v) is 1.30. The average molecular weight is 195 g/mol. The molecule has 0 fully saturated rings. The molecule has 1 heterocycles. The molecule has 0 spiro atoms. The van der Waals surface area contributed by atoms with Crippen molar-refractivity contribution in [3.8, 4) is 0 Å². The van der Waals surface area contributed by atoms with Crippen LogP contribution in [-0.4, -0.2) is 11.5 Å². The van der Waals surface area contributed by atoms with Crippen LogP contribution in [0.25, 0.3) is 0 Å². The standard InChI is InChI=1S/C7H8F2N2.ClH/c8-7(9,5-10)6-3-1-2-4-11-6;/h1-4H,5,10H2;1H. The molecule has 12 heavy (non-hydrogen) atoms. The van der Waals surface area contributed by atoms with Gasteiger partial charge in [0.2, 0.25) is 0 Å². The predicted molar refractivity (Wildman–Crippen MR) is 44.4 cm³/mol. The van der Waals surface area contributed by atoms with Crippen LogP contribution in [0.2, 0.25) is 0 Å². The largest absolute Gasteiger partial charge is 0.325 e. The van der Waals surface area contributed by atoms with E-state index in [1.165, 1.54) is 18.3 Å². The van der Waals surface area contributed by atoms with Gasteiger partial charge in [-0.2, -0.15) is 8.78 Å². The van der Waals surface area contributed by atoms with Gasteiger partial charge in [-0.3, -0.25) is 4.98 Å². The predicted octanol–water partition coefficient (Wildman–Crippen LogP) is 1.55. The highest BCUT2D eigenvalue weighted by atomic mass is 35.5. The Morgan fingerprint density at radius 2 is 2.08 bits per heavy atom. The minimum Gasteiger partial charge on any atom is -0.325 e. The Morgan fingerprint density at radius 3 is 2.50 bits per heavy atom. The second-order valence-electron chi connectivity index (χ2n) is 2.12. The number of rotatable bonds is 2. The van der Waals surface area contributed by atoms with E-state index in [1.54, 1.807) is 6.07 Å². The Morgan fingerprint density at radius 1 is 1.42 bits per heavy atom. The van der Waals surface area contributed by atoms with Crippen LogP contribution >= 0.6 is 12.4 Å². The second-order valence-corrected chi connectivity index (χ2v) is 2.12. The van der Waals surface area contributed by atoms with Gasteiger partial charge in [0.15, 0.2) is 0 Å². The van der Waals surface area contributed by atoms with Crippen molar-refractivity contribution in [2.24, 2.45) is 5.73 Å². The molecule has 1 rings (SSSR count). The topological polar surface area (TPSA) is 38.9 Å². The zero-order valence-electron chi connectivity index (χ0n) is 6.21. The van der Waals surface area contributed by atoms with Gasteiger partial charge in [-0.15, -0.1) is 12.4 Å². The Kier molecular flexibility index (Phi) is 4.06. The summed E-state index contributed by atoms with van der Waals surface area (Å²) in [5.74, 6) is -3.00. The molecule has 0 saturated heterocycles. The Labute approximate surface area is 75.2 Å². The molecule has 1 aromatic rings. The van der Waals surface area contributed by atoms with Crippen molar-refractivity contribution in [1.82, 2.24) is 4.98 Å². The molecule has 0 aliphatic rings. The van der Waals surface area contributed by atoms with Crippen molar-refractivity contribution in [3.63, 3.8) is 0 Å². The monoisotopic (exact) mass is 194 g/mol. The molecule has 0 unspecified atom stereocenters. The summed E-state index contributed by atoms with van der Waals surface area (Å²) in [7, 11) is 0. The molecule has 2 nitrogen and oxygen atoms in total. The number of pyridine rings is 1. The molecule has 0 atom stereocenters. The first kappa shape index (κ1) is 11.3. The third kappa shape index (κ3) is 2.39. The summed E-state index contributed by atoms with van der Waals surface area (Å²) in [5.41, 5.74) is 4.57. The third-order valence-electron chi connectivity index (χ3n) is 1.30. The van der Waals surface area contributed by atoms with E-state index in [4.69, 9.17) is 5.73 Å². The van der Waals surface area contributed by atoms with Crippen LogP contribution in [-0.2, 0) is 5.92 Å². The van der Waals surface area contributed by atoms with Gasteiger partial charge in [-0.25, -0.2) is 0 Å². The lowest BCUT2D eigenvalue weighted by Crippen LogP contribution is -2.25. The highest BCUT2D eigenvalue weighted by molar-refractivity contribution is 5.85. The summed E-state index contributed by atoms with van der Waals surface area (Å²) in [6, 6.07) is 4.34. The van der Waals surface area contributed by atoms with Gasteiger partial charge in [0.25, 0.3) is 0 Å². The van der Waals surface area contributed by atoms with E-state index in [9.17, 15) is 8.78 Å². The molecule has 1 aromatic heterocycles. The Balaban J connectivity index is 0.00000121. The fraction of sp³-hybridized carbons (Fsp3) is 0.286. The van der Waals surface area contributed by atoms with Crippen LogP contribution in [0.3, 0.4) is 0 Å². The molecule has 5 heteroatoms. The van der Waals surface area contributed by atoms with Gasteiger partial charge < -0.3 is 5.73 Å². The fourth-order valence-electron chi connectivity index (χ4n) is 0.684. The first-order valence-corrected chi connectivity index (χ1v) is 3.16. The van der Waals surface area contributed by atoms with Gasteiger partial charge in [-0.05, 0) is 12.1 Å². The minimum absolute atomic E-state index is 0. The molecule has 0 aromatic carbocycles. The summed E-state index contributed by atoms with van der Waals surface area (Å²) < 4.78 is 25.4. The first-order chi connectivity index (χ1) is 5.17. The van der Waals surface area contributed by atoms with Crippen molar-refractivity contribution in [2.45, 2.75) is 5.92 Å². The zero-order valence-corrected chi connectivity index (χ0v) is 7.02. The van der Waals surface area contributed by atoms with Crippen molar-refractivity contribution >= 4 is 12.4 Å². The second kappa shape index (κ2) is 4.33. The van der Waals surface area contributed by atoms with Crippen LogP contribution < -0.4 is 5.73 Å². The lowest BCUT2D eigenvalue weighted by Gasteiger charge is -2.11.